The lowest BCUT2D eigenvalue weighted by atomic mass is 10.1. The molecular weight excluding hydrogens is 520 g/mol. The van der Waals surface area contributed by atoms with Crippen molar-refractivity contribution in [2.24, 2.45) is 5.92 Å². The molecule has 3 N–H and O–H groups in total. The highest BCUT2D eigenvalue weighted by atomic mass is 35.5. The van der Waals surface area contributed by atoms with Gasteiger partial charge in [-0.05, 0) is 43.0 Å². The lowest BCUT2D eigenvalue weighted by Gasteiger charge is -2.22. The van der Waals surface area contributed by atoms with Gasteiger partial charge in [0.2, 0.25) is 5.43 Å². The van der Waals surface area contributed by atoms with Crippen molar-refractivity contribution in [1.82, 2.24) is 14.9 Å². The summed E-state index contributed by atoms with van der Waals surface area (Å²) in [5, 5.41) is 21.5. The number of nitrogens with one attached hydrogen (secondary N) is 1. The van der Waals surface area contributed by atoms with E-state index in [2.05, 4.69) is 4.98 Å². The van der Waals surface area contributed by atoms with Crippen LogP contribution in [0.3, 0.4) is 0 Å². The Bertz CT molecular complexity index is 1410. The summed E-state index contributed by atoms with van der Waals surface area (Å²) < 4.78 is 56.6. The molecule has 2 aromatic heterocycles. The molecule has 1 saturated carbocycles. The number of para-hydroxylation sites is 1. The number of carbonyl (C=O) groups excluding carboxylic acids is 1. The van der Waals surface area contributed by atoms with Crippen LogP contribution >= 0.6 is 11.6 Å². The fourth-order valence-corrected chi connectivity index (χ4v) is 4.75. The molecule has 8 nitrogen and oxygen atoms in total. The van der Waals surface area contributed by atoms with Gasteiger partial charge >= 0.3 is 6.18 Å². The van der Waals surface area contributed by atoms with Crippen molar-refractivity contribution < 1.29 is 32.6 Å². The number of aliphatic hydroxyl groups is 2. The van der Waals surface area contributed by atoms with Gasteiger partial charge in [-0.3, -0.25) is 14.2 Å². The highest BCUT2D eigenvalue weighted by Crippen LogP contribution is 2.40. The molecule has 1 saturated heterocycles. The number of rotatable bonds is 5. The topological polar surface area (TPSA) is 108 Å². The minimum absolute atomic E-state index is 0.0465. The zero-order valence-corrected chi connectivity index (χ0v) is 19.8. The highest BCUT2D eigenvalue weighted by Gasteiger charge is 2.50. The van der Waals surface area contributed by atoms with E-state index in [-0.39, 0.29) is 40.7 Å². The predicted molar refractivity (Wildman–Crippen MR) is 127 cm³/mol. The number of nitrogens with zero attached hydrogens (tertiary/aromatic N) is 3. The Labute approximate surface area is 212 Å². The van der Waals surface area contributed by atoms with Crippen LogP contribution in [0.1, 0.15) is 23.2 Å². The molecule has 0 bridgehead atoms. The van der Waals surface area contributed by atoms with Crippen LogP contribution in [-0.2, 0) is 0 Å². The van der Waals surface area contributed by atoms with E-state index in [1.807, 2.05) is 5.32 Å². The minimum Gasteiger partial charge on any atom is -0.389 e. The summed E-state index contributed by atoms with van der Waals surface area (Å²) in [6, 6.07) is 4.40. The van der Waals surface area contributed by atoms with Crippen molar-refractivity contribution in [3.63, 3.8) is 0 Å². The minimum atomic E-state index is -4.71. The van der Waals surface area contributed by atoms with E-state index in [4.69, 9.17) is 11.6 Å². The molecule has 196 valence electrons. The highest BCUT2D eigenvalue weighted by molar-refractivity contribution is 6.32. The second-order valence-electron chi connectivity index (χ2n) is 9.22. The Kier molecular flexibility index (Phi) is 6.37. The van der Waals surface area contributed by atoms with Gasteiger partial charge < -0.3 is 20.4 Å². The summed E-state index contributed by atoms with van der Waals surface area (Å²) in [5.41, 5.74) is -1.91. The third-order valence-electron chi connectivity index (χ3n) is 6.57. The molecule has 13 heteroatoms. The third-order valence-corrected chi connectivity index (χ3v) is 6.88. The number of anilines is 1. The lowest BCUT2D eigenvalue weighted by molar-refractivity contribution is -0.158. The zero-order valence-electron chi connectivity index (χ0n) is 19.0. The number of β-amino-alcohol motifs (C(OH)–C–C–N with tert-alkyl or cyclic N) is 2. The third kappa shape index (κ3) is 4.76. The van der Waals surface area contributed by atoms with Gasteiger partial charge in [0.1, 0.15) is 28.9 Å². The molecule has 3 heterocycles. The van der Waals surface area contributed by atoms with E-state index in [1.165, 1.54) is 24.3 Å². The summed E-state index contributed by atoms with van der Waals surface area (Å²) in [5.74, 6) is -2.61. The molecular formula is C24H21ClF4N4O4. The first-order valence-corrected chi connectivity index (χ1v) is 11.8. The van der Waals surface area contributed by atoms with Gasteiger partial charge in [-0.15, -0.1) is 0 Å². The molecule has 2 fully saturated rings. The predicted octanol–water partition coefficient (Wildman–Crippen LogP) is 2.79. The second-order valence-corrected chi connectivity index (χ2v) is 9.63. The average molecular weight is 541 g/mol. The molecule has 1 aromatic carbocycles. The SMILES string of the molecule is O=C(NC(C1CC1)C(F)(F)F)c1cn(-c2c(F)cccc2Cl)c2nc(N3C[C@@H](O)[C@H](O)C3)ccc2c1=O. The van der Waals surface area contributed by atoms with Gasteiger partial charge in [0.25, 0.3) is 5.91 Å². The molecule has 1 aliphatic heterocycles. The Morgan fingerprint density at radius 1 is 1.14 bits per heavy atom. The molecule has 1 aliphatic carbocycles. The molecule has 5 rings (SSSR count). The molecule has 0 spiro atoms. The van der Waals surface area contributed by atoms with E-state index < -0.39 is 53.1 Å². The quantitative estimate of drug-likeness (QED) is 0.430. The number of hydrogen-bond donors (Lipinski definition) is 3. The number of amides is 1. The van der Waals surface area contributed by atoms with Crippen molar-refractivity contribution in [3.05, 3.63) is 63.2 Å². The number of hydrogen-bond acceptors (Lipinski definition) is 6. The van der Waals surface area contributed by atoms with Gasteiger partial charge in [0, 0.05) is 19.3 Å². The van der Waals surface area contributed by atoms with Crippen LogP contribution in [0.15, 0.2) is 41.3 Å². The average Bonchev–Trinajstić information content (AvgIpc) is 3.61. The summed E-state index contributed by atoms with van der Waals surface area (Å²) in [6.45, 7) is 0.0929. The normalized spacial score (nSPS) is 20.9. The van der Waals surface area contributed by atoms with Gasteiger partial charge in [-0.2, -0.15) is 13.2 Å². The van der Waals surface area contributed by atoms with Crippen LogP contribution < -0.4 is 15.6 Å². The van der Waals surface area contributed by atoms with Gasteiger partial charge in [-0.25, -0.2) is 9.37 Å². The molecule has 37 heavy (non-hydrogen) atoms. The van der Waals surface area contributed by atoms with Crippen LogP contribution in [0.25, 0.3) is 16.7 Å². The maximum Gasteiger partial charge on any atom is 0.408 e. The molecule has 3 atom stereocenters. The maximum absolute atomic E-state index is 14.9. The Morgan fingerprint density at radius 2 is 1.81 bits per heavy atom. The van der Waals surface area contributed by atoms with Crippen LogP contribution in [-0.4, -0.2) is 63.2 Å². The number of fused-ring (bicyclic) bond motifs is 1. The Balaban J connectivity index is 1.67. The number of alkyl halides is 3. The summed E-state index contributed by atoms with van der Waals surface area (Å²) in [6.07, 6.45) is -5.24. The van der Waals surface area contributed by atoms with E-state index >= 15 is 0 Å². The van der Waals surface area contributed by atoms with E-state index in [9.17, 15) is 37.4 Å². The van der Waals surface area contributed by atoms with Crippen molar-refractivity contribution in [1.29, 1.82) is 0 Å². The van der Waals surface area contributed by atoms with Crippen LogP contribution in [0, 0.1) is 11.7 Å². The van der Waals surface area contributed by atoms with Crippen LogP contribution in [0.5, 0.6) is 0 Å². The zero-order chi connectivity index (χ0) is 26.6. The van der Waals surface area contributed by atoms with Crippen molar-refractivity contribution in [3.8, 4) is 5.69 Å². The van der Waals surface area contributed by atoms with Crippen molar-refractivity contribution in [2.75, 3.05) is 18.0 Å². The number of pyridine rings is 2. The first-order valence-electron chi connectivity index (χ1n) is 11.4. The first kappa shape index (κ1) is 25.4. The van der Waals surface area contributed by atoms with Crippen molar-refractivity contribution >= 4 is 34.4 Å². The Hall–Kier alpha value is -3.22. The number of carbonyl (C=O) groups is 1. The fourth-order valence-electron chi connectivity index (χ4n) is 4.49. The van der Waals surface area contributed by atoms with E-state index in [0.717, 1.165) is 16.8 Å². The number of aromatic nitrogens is 2. The van der Waals surface area contributed by atoms with Gasteiger partial charge in [0.05, 0.1) is 22.6 Å². The number of aliphatic hydroxyl groups excluding tert-OH is 2. The number of halogens is 5. The summed E-state index contributed by atoms with van der Waals surface area (Å²) in [4.78, 5) is 32.2. The lowest BCUT2D eigenvalue weighted by Crippen LogP contribution is -2.48. The van der Waals surface area contributed by atoms with Gasteiger partial charge in [0.15, 0.2) is 5.65 Å². The first-order chi connectivity index (χ1) is 17.5. The molecule has 0 radical (unpaired) electrons. The molecule has 3 aromatic rings. The second kappa shape index (κ2) is 9.26. The fraction of sp³-hybridized carbons (Fsp3) is 0.375. The smallest absolute Gasteiger partial charge is 0.389 e. The molecule has 1 amide bonds. The maximum atomic E-state index is 14.9. The molecule has 1 unspecified atom stereocenters. The van der Waals surface area contributed by atoms with Crippen LogP contribution in [0.4, 0.5) is 23.4 Å². The Morgan fingerprint density at radius 3 is 2.41 bits per heavy atom. The van der Waals surface area contributed by atoms with Gasteiger partial charge in [-0.1, -0.05) is 17.7 Å². The summed E-state index contributed by atoms with van der Waals surface area (Å²) in [7, 11) is 0. The van der Waals surface area contributed by atoms with E-state index in [1.54, 1.807) is 4.90 Å². The molecule has 2 aliphatic rings. The monoisotopic (exact) mass is 540 g/mol. The number of benzene rings is 1. The van der Waals surface area contributed by atoms with Crippen LogP contribution in [0.2, 0.25) is 5.02 Å². The summed E-state index contributed by atoms with van der Waals surface area (Å²) >= 11 is 6.24. The largest absolute Gasteiger partial charge is 0.408 e. The van der Waals surface area contributed by atoms with Crippen molar-refractivity contribution in [2.45, 2.75) is 37.3 Å². The standard InChI is InChI=1S/C24H21ClF4N4O4/c25-14-2-1-3-15(26)19(14)33-8-13(23(37)31-21(11-4-5-11)24(27,28)29)20(36)12-6-7-18(30-22(12)33)32-9-16(34)17(35)10-32/h1-3,6-8,11,16-17,21,34-35H,4-5,9-10H2,(H,31,37)/t16-,17-,21?/m1/s1. The van der Waals surface area contributed by atoms with E-state index in [0.29, 0.717) is 12.8 Å².